The fourth-order valence-electron chi connectivity index (χ4n) is 3.78. The lowest BCUT2D eigenvalue weighted by atomic mass is 10.1. The summed E-state index contributed by atoms with van der Waals surface area (Å²) in [5.41, 5.74) is 1.51. The molecule has 0 saturated heterocycles. The molecule has 1 N–H and O–H groups in total. The first-order valence-corrected chi connectivity index (χ1v) is 13.6. The monoisotopic (exact) mass is 594 g/mol. The molecule has 9 nitrogen and oxygen atoms in total. The number of hydrogen-bond donors (Lipinski definition) is 1. The minimum absolute atomic E-state index is 0.0183. The molecular weight excluding hydrogens is 564 g/mol. The standard InChI is InChI=1S/C26H31BrN2O7S/c1-17(26(30)23-11-8-20(27)14-28-23)37(31,32)29(15-18-6-9-21(33-2)12-24(18)35-4)16-19-7-10-22(34-3)13-25(19)36-5/h6-14,17,26,30H,15-16H2,1-5H3. The maximum atomic E-state index is 14.0. The molecule has 2 unspecified atom stereocenters. The summed E-state index contributed by atoms with van der Waals surface area (Å²) < 4.78 is 51.5. The zero-order valence-corrected chi connectivity index (χ0v) is 23.7. The molecule has 0 saturated carbocycles. The van der Waals surface area contributed by atoms with Crippen LogP contribution in [0, 0.1) is 0 Å². The molecule has 3 aromatic rings. The molecule has 1 heterocycles. The largest absolute Gasteiger partial charge is 0.497 e. The van der Waals surface area contributed by atoms with E-state index in [0.717, 1.165) is 4.47 Å². The van der Waals surface area contributed by atoms with Crippen LogP contribution in [0.1, 0.15) is 29.8 Å². The van der Waals surface area contributed by atoms with Crippen LogP contribution in [0.4, 0.5) is 0 Å². The summed E-state index contributed by atoms with van der Waals surface area (Å²) in [7, 11) is 2.02. The molecule has 0 aliphatic carbocycles. The van der Waals surface area contributed by atoms with Crippen LogP contribution >= 0.6 is 15.9 Å². The number of aromatic nitrogens is 1. The van der Waals surface area contributed by atoms with Gasteiger partial charge < -0.3 is 24.1 Å². The van der Waals surface area contributed by atoms with Gasteiger partial charge in [0.1, 0.15) is 34.4 Å². The van der Waals surface area contributed by atoms with Crippen LogP contribution < -0.4 is 18.9 Å². The number of pyridine rings is 1. The molecule has 0 bridgehead atoms. The maximum Gasteiger partial charge on any atom is 0.220 e. The van der Waals surface area contributed by atoms with E-state index in [4.69, 9.17) is 18.9 Å². The van der Waals surface area contributed by atoms with Crippen molar-refractivity contribution in [3.8, 4) is 23.0 Å². The first kappa shape index (κ1) is 28.7. The first-order chi connectivity index (χ1) is 17.6. The Morgan fingerprint density at radius 2 is 1.38 bits per heavy atom. The van der Waals surface area contributed by atoms with Gasteiger partial charge >= 0.3 is 0 Å². The lowest BCUT2D eigenvalue weighted by Gasteiger charge is -2.29. The van der Waals surface area contributed by atoms with E-state index in [9.17, 15) is 13.5 Å². The van der Waals surface area contributed by atoms with E-state index < -0.39 is 21.4 Å². The predicted octanol–water partition coefficient (Wildman–Crippen LogP) is 4.33. The molecule has 0 aliphatic heterocycles. The van der Waals surface area contributed by atoms with E-state index in [0.29, 0.717) is 34.1 Å². The number of ether oxygens (including phenoxy) is 4. The molecule has 0 radical (unpaired) electrons. The van der Waals surface area contributed by atoms with Crippen molar-refractivity contribution >= 4 is 26.0 Å². The van der Waals surface area contributed by atoms with Gasteiger partial charge in [-0.15, -0.1) is 0 Å². The average Bonchev–Trinajstić information content (AvgIpc) is 2.92. The van der Waals surface area contributed by atoms with Crippen molar-refractivity contribution < 1.29 is 32.5 Å². The van der Waals surface area contributed by atoms with Crippen LogP contribution in [0.15, 0.2) is 59.2 Å². The number of aliphatic hydroxyl groups is 1. The Balaban J connectivity index is 2.04. The summed E-state index contributed by atoms with van der Waals surface area (Å²) in [5, 5.41) is 9.77. The van der Waals surface area contributed by atoms with Gasteiger partial charge in [0.05, 0.1) is 34.1 Å². The molecule has 0 fully saturated rings. The molecular formula is C26H31BrN2O7S. The maximum absolute atomic E-state index is 14.0. The number of aliphatic hydroxyl groups excluding tert-OH is 1. The summed E-state index contributed by atoms with van der Waals surface area (Å²) in [6, 6.07) is 13.7. The zero-order valence-electron chi connectivity index (χ0n) is 21.3. The Hall–Kier alpha value is -2.86. The normalized spacial score (nSPS) is 13.2. The number of benzene rings is 2. The van der Waals surface area contributed by atoms with Crippen molar-refractivity contribution in [3.63, 3.8) is 0 Å². The second-order valence-corrected chi connectivity index (χ2v) is 11.4. The Kier molecular flexibility index (Phi) is 9.77. The fourth-order valence-corrected chi connectivity index (χ4v) is 5.59. The van der Waals surface area contributed by atoms with E-state index >= 15 is 0 Å². The second kappa shape index (κ2) is 12.6. The molecule has 0 aliphatic rings. The zero-order chi connectivity index (χ0) is 27.2. The van der Waals surface area contributed by atoms with Gasteiger partial charge in [0, 0.05) is 47.0 Å². The Morgan fingerprint density at radius 3 is 1.78 bits per heavy atom. The average molecular weight is 596 g/mol. The van der Waals surface area contributed by atoms with Crippen molar-refractivity contribution in [1.29, 1.82) is 0 Å². The third kappa shape index (κ3) is 6.72. The third-order valence-corrected chi connectivity index (χ3v) is 8.65. The van der Waals surface area contributed by atoms with Crippen LogP contribution in [-0.2, 0) is 23.1 Å². The van der Waals surface area contributed by atoms with Crippen molar-refractivity contribution in [2.45, 2.75) is 31.4 Å². The lowest BCUT2D eigenvalue weighted by molar-refractivity contribution is 0.167. The van der Waals surface area contributed by atoms with Gasteiger partial charge in [-0.1, -0.05) is 12.1 Å². The summed E-state index contributed by atoms with van der Waals surface area (Å²) >= 11 is 3.30. The molecule has 2 aromatic carbocycles. The van der Waals surface area contributed by atoms with Gasteiger partial charge in [-0.3, -0.25) is 4.98 Å². The highest BCUT2D eigenvalue weighted by Crippen LogP contribution is 2.33. The SMILES string of the molecule is COc1ccc(CN(Cc2ccc(OC)cc2OC)S(=O)(=O)C(C)C(O)c2ccc(Br)cn2)c(OC)c1. The highest BCUT2D eigenvalue weighted by atomic mass is 79.9. The molecule has 37 heavy (non-hydrogen) atoms. The van der Waals surface area contributed by atoms with Crippen LogP contribution in [0.5, 0.6) is 23.0 Å². The Morgan fingerprint density at radius 1 is 0.865 bits per heavy atom. The quantitative estimate of drug-likeness (QED) is 0.330. The smallest absolute Gasteiger partial charge is 0.220 e. The summed E-state index contributed by atoms with van der Waals surface area (Å²) in [6.07, 6.45) is 0.163. The van der Waals surface area contributed by atoms with Crippen LogP contribution in [0.2, 0.25) is 0 Å². The molecule has 200 valence electrons. The van der Waals surface area contributed by atoms with Crippen molar-refractivity contribution in [2.75, 3.05) is 28.4 Å². The number of sulfonamides is 1. The number of nitrogens with zero attached hydrogens (tertiary/aromatic N) is 2. The van der Waals surface area contributed by atoms with Crippen molar-refractivity contribution in [2.24, 2.45) is 0 Å². The molecule has 1 aromatic heterocycles. The van der Waals surface area contributed by atoms with Gasteiger partial charge in [0.25, 0.3) is 0 Å². The number of methoxy groups -OCH3 is 4. The van der Waals surface area contributed by atoms with Gasteiger partial charge in [-0.25, -0.2) is 8.42 Å². The molecule has 3 rings (SSSR count). The lowest BCUT2D eigenvalue weighted by Crippen LogP contribution is -2.39. The highest BCUT2D eigenvalue weighted by molar-refractivity contribution is 9.10. The van der Waals surface area contributed by atoms with Crippen molar-refractivity contribution in [3.05, 3.63) is 76.0 Å². The number of rotatable bonds is 12. The van der Waals surface area contributed by atoms with Crippen molar-refractivity contribution in [1.82, 2.24) is 9.29 Å². The van der Waals surface area contributed by atoms with Gasteiger partial charge in [-0.05, 0) is 47.1 Å². The number of halogens is 1. The Bertz CT molecular complexity index is 1250. The fraction of sp³-hybridized carbons (Fsp3) is 0.346. The van der Waals surface area contributed by atoms with Crippen LogP contribution in [-0.4, -0.2) is 56.5 Å². The van der Waals surface area contributed by atoms with E-state index in [1.54, 1.807) is 62.8 Å². The second-order valence-electron chi connectivity index (χ2n) is 8.22. The van der Waals surface area contributed by atoms with Crippen LogP contribution in [0.3, 0.4) is 0 Å². The van der Waals surface area contributed by atoms with E-state index in [1.165, 1.54) is 31.6 Å². The summed E-state index contributed by atoms with van der Waals surface area (Å²) in [4.78, 5) is 4.19. The minimum Gasteiger partial charge on any atom is -0.497 e. The molecule has 2 atom stereocenters. The van der Waals surface area contributed by atoms with E-state index in [2.05, 4.69) is 20.9 Å². The highest BCUT2D eigenvalue weighted by Gasteiger charge is 2.36. The predicted molar refractivity (Wildman–Crippen MR) is 144 cm³/mol. The molecule has 11 heteroatoms. The van der Waals surface area contributed by atoms with E-state index in [1.807, 2.05) is 0 Å². The molecule has 0 amide bonds. The topological polar surface area (TPSA) is 107 Å². The Labute approximate surface area is 226 Å². The third-order valence-electron chi connectivity index (χ3n) is 6.01. The van der Waals surface area contributed by atoms with Gasteiger partial charge in [0.15, 0.2) is 0 Å². The summed E-state index contributed by atoms with van der Waals surface area (Å²) in [5.74, 6) is 2.11. The minimum atomic E-state index is -4.08. The summed E-state index contributed by atoms with van der Waals surface area (Å²) in [6.45, 7) is 1.43. The molecule has 0 spiro atoms. The van der Waals surface area contributed by atoms with Gasteiger partial charge in [0.2, 0.25) is 10.0 Å². The van der Waals surface area contributed by atoms with Crippen LogP contribution in [0.25, 0.3) is 0 Å². The van der Waals surface area contributed by atoms with Gasteiger partial charge in [-0.2, -0.15) is 4.31 Å². The first-order valence-electron chi connectivity index (χ1n) is 11.3. The number of hydrogen-bond acceptors (Lipinski definition) is 8. The van der Waals surface area contributed by atoms with E-state index in [-0.39, 0.29) is 18.8 Å².